The van der Waals surface area contributed by atoms with Crippen LogP contribution >= 0.6 is 0 Å². The van der Waals surface area contributed by atoms with E-state index in [0.29, 0.717) is 12.5 Å². The molecule has 1 atom stereocenters. The van der Waals surface area contributed by atoms with Crippen LogP contribution in [0.25, 0.3) is 0 Å². The van der Waals surface area contributed by atoms with Crippen molar-refractivity contribution < 1.29 is 24.3 Å². The van der Waals surface area contributed by atoms with E-state index >= 15 is 0 Å². The zero-order valence-electron chi connectivity index (χ0n) is 8.24. The molecule has 0 radical (unpaired) electrons. The number of hydrogen-bond donors (Lipinski definition) is 0. The van der Waals surface area contributed by atoms with E-state index in [1.165, 1.54) is 7.11 Å². The van der Waals surface area contributed by atoms with Crippen LogP contribution in [0.3, 0.4) is 0 Å². The first kappa shape index (κ1) is 12.2. The molecule has 78 valence electrons. The predicted octanol–water partition coefficient (Wildman–Crippen LogP) is 2.07. The Morgan fingerprint density at radius 2 is 2.15 bits per heavy atom. The van der Waals surface area contributed by atoms with E-state index in [1.54, 1.807) is 0 Å². The summed E-state index contributed by atoms with van der Waals surface area (Å²) in [7, 11) is 1.23. The van der Waals surface area contributed by atoms with E-state index in [1.807, 2.05) is 0 Å². The highest BCUT2D eigenvalue weighted by Gasteiger charge is 2.06. The van der Waals surface area contributed by atoms with Gasteiger partial charge in [0.25, 0.3) is 0 Å². The topological polar surface area (TPSA) is 54.0 Å². The van der Waals surface area contributed by atoms with E-state index in [-0.39, 0.29) is 0 Å². The van der Waals surface area contributed by atoms with Gasteiger partial charge in [0, 0.05) is 0 Å². The normalized spacial score (nSPS) is 12.2. The lowest BCUT2D eigenvalue weighted by atomic mass is 10.1. The van der Waals surface area contributed by atoms with Crippen molar-refractivity contribution >= 4 is 6.16 Å². The summed E-state index contributed by atoms with van der Waals surface area (Å²) in [6, 6.07) is 0. The summed E-state index contributed by atoms with van der Waals surface area (Å²) in [6.45, 7) is 4.50. The van der Waals surface area contributed by atoms with Crippen LogP contribution in [0.2, 0.25) is 0 Å². The first-order valence-corrected chi connectivity index (χ1v) is 4.24. The third kappa shape index (κ3) is 7.55. The van der Waals surface area contributed by atoms with Crippen molar-refractivity contribution in [3.05, 3.63) is 0 Å². The lowest BCUT2D eigenvalue weighted by Gasteiger charge is -2.07. The lowest BCUT2D eigenvalue weighted by Crippen LogP contribution is -2.10. The second-order valence-electron chi connectivity index (χ2n) is 2.72. The highest BCUT2D eigenvalue weighted by molar-refractivity contribution is 5.58. The molecule has 0 fully saturated rings. The van der Waals surface area contributed by atoms with Crippen LogP contribution in [-0.4, -0.2) is 19.9 Å². The van der Waals surface area contributed by atoms with Crippen molar-refractivity contribution in [1.82, 2.24) is 0 Å². The zero-order valence-corrected chi connectivity index (χ0v) is 8.24. The molecule has 0 bridgehead atoms. The Bertz CT molecular complexity index is 136. The van der Waals surface area contributed by atoms with E-state index in [0.717, 1.165) is 12.8 Å². The molecule has 1 unspecified atom stereocenters. The fourth-order valence-corrected chi connectivity index (χ4v) is 0.633. The molecule has 13 heavy (non-hydrogen) atoms. The van der Waals surface area contributed by atoms with Gasteiger partial charge in [0.2, 0.25) is 0 Å². The predicted molar refractivity (Wildman–Crippen MR) is 44.6 cm³/mol. The van der Waals surface area contributed by atoms with Gasteiger partial charge in [-0.3, -0.25) is 0 Å². The summed E-state index contributed by atoms with van der Waals surface area (Å²) in [4.78, 5) is 18.7. The third-order valence-electron chi connectivity index (χ3n) is 1.70. The summed E-state index contributed by atoms with van der Waals surface area (Å²) in [5.74, 6) is 0.538. The van der Waals surface area contributed by atoms with Crippen LogP contribution in [0.15, 0.2) is 0 Å². The molecule has 0 spiro atoms. The minimum absolute atomic E-state index is 0.334. The summed E-state index contributed by atoms with van der Waals surface area (Å²) >= 11 is 0. The number of ether oxygens (including phenoxy) is 1. The molecule has 5 nitrogen and oxygen atoms in total. The van der Waals surface area contributed by atoms with Gasteiger partial charge in [0.15, 0.2) is 0 Å². The van der Waals surface area contributed by atoms with Crippen molar-refractivity contribution in [3.8, 4) is 0 Å². The average Bonchev–Trinajstić information content (AvgIpc) is 2.14. The lowest BCUT2D eigenvalue weighted by molar-refractivity contribution is -0.475. The van der Waals surface area contributed by atoms with Crippen LogP contribution < -0.4 is 0 Å². The van der Waals surface area contributed by atoms with Crippen molar-refractivity contribution in [2.45, 2.75) is 26.7 Å². The van der Waals surface area contributed by atoms with E-state index in [9.17, 15) is 4.79 Å². The smallest absolute Gasteiger partial charge is 0.432 e. The minimum atomic E-state index is -0.884. The molecule has 0 heterocycles. The molecule has 0 N–H and O–H groups in total. The largest absolute Gasteiger partial charge is 0.542 e. The molecule has 0 aliphatic heterocycles. The number of carbonyl (C=O) groups is 1. The van der Waals surface area contributed by atoms with Crippen LogP contribution in [0.4, 0.5) is 4.79 Å². The molecule has 0 aliphatic rings. The van der Waals surface area contributed by atoms with Crippen molar-refractivity contribution in [2.75, 3.05) is 13.7 Å². The maximum Gasteiger partial charge on any atom is 0.542 e. The highest BCUT2D eigenvalue weighted by Crippen LogP contribution is 2.06. The number of rotatable bonds is 6. The average molecular weight is 192 g/mol. The SMILES string of the molecule is CCC(C)CCOC(=O)OOOC. The Hall–Kier alpha value is -0.810. The maximum atomic E-state index is 10.6. The van der Waals surface area contributed by atoms with Crippen LogP contribution in [0.5, 0.6) is 0 Å². The molecule has 0 rings (SSSR count). The molecule has 0 saturated heterocycles. The summed E-state index contributed by atoms with van der Waals surface area (Å²) in [5.41, 5.74) is 0. The number of carbonyl (C=O) groups excluding carboxylic acids is 1. The molecule has 0 aromatic rings. The van der Waals surface area contributed by atoms with Gasteiger partial charge in [-0.05, 0) is 17.4 Å². The minimum Gasteiger partial charge on any atom is -0.432 e. The monoisotopic (exact) mass is 192 g/mol. The third-order valence-corrected chi connectivity index (χ3v) is 1.70. The van der Waals surface area contributed by atoms with Crippen LogP contribution in [-0.2, 0) is 19.6 Å². The molecular formula is C8H16O5. The van der Waals surface area contributed by atoms with Gasteiger partial charge in [0.05, 0.1) is 13.7 Å². The van der Waals surface area contributed by atoms with Crippen molar-refractivity contribution in [1.29, 1.82) is 0 Å². The molecule has 0 aromatic heterocycles. The summed E-state index contributed by atoms with van der Waals surface area (Å²) in [6.07, 6.45) is 0.996. The molecular weight excluding hydrogens is 176 g/mol. The van der Waals surface area contributed by atoms with Gasteiger partial charge in [-0.25, -0.2) is 9.68 Å². The van der Waals surface area contributed by atoms with Gasteiger partial charge in [-0.15, -0.1) is 0 Å². The number of hydrogen-bond acceptors (Lipinski definition) is 5. The first-order chi connectivity index (χ1) is 6.20. The quantitative estimate of drug-likeness (QED) is 0.366. The summed E-state index contributed by atoms with van der Waals surface area (Å²) < 4.78 is 4.65. The van der Waals surface area contributed by atoms with Gasteiger partial charge >= 0.3 is 6.16 Å². The van der Waals surface area contributed by atoms with E-state index in [4.69, 9.17) is 0 Å². The fourth-order valence-electron chi connectivity index (χ4n) is 0.633. The van der Waals surface area contributed by atoms with Crippen molar-refractivity contribution in [2.24, 2.45) is 5.92 Å². The molecule has 0 saturated carbocycles. The first-order valence-electron chi connectivity index (χ1n) is 4.24. The highest BCUT2D eigenvalue weighted by atomic mass is 17.5. The Kier molecular flexibility index (Phi) is 7.33. The molecule has 0 aromatic carbocycles. The van der Waals surface area contributed by atoms with Gasteiger partial charge in [-0.2, -0.15) is 4.89 Å². The van der Waals surface area contributed by atoms with Gasteiger partial charge in [-0.1, -0.05) is 20.3 Å². The molecule has 5 heteroatoms. The molecule has 0 amide bonds. The van der Waals surface area contributed by atoms with Crippen molar-refractivity contribution in [3.63, 3.8) is 0 Å². The fraction of sp³-hybridized carbons (Fsp3) is 0.875. The standard InChI is InChI=1S/C8H16O5/c1-4-7(2)5-6-11-8(9)12-13-10-3/h7H,4-6H2,1-3H3. The Labute approximate surface area is 77.8 Å². The second-order valence-corrected chi connectivity index (χ2v) is 2.72. The second kappa shape index (κ2) is 7.82. The zero-order chi connectivity index (χ0) is 10.1. The molecule has 0 aliphatic carbocycles. The Morgan fingerprint density at radius 1 is 1.46 bits per heavy atom. The van der Waals surface area contributed by atoms with Crippen LogP contribution in [0.1, 0.15) is 26.7 Å². The van der Waals surface area contributed by atoms with Gasteiger partial charge < -0.3 is 4.74 Å². The van der Waals surface area contributed by atoms with E-state index in [2.05, 4.69) is 33.4 Å². The van der Waals surface area contributed by atoms with E-state index < -0.39 is 6.16 Å². The maximum absolute atomic E-state index is 10.6. The van der Waals surface area contributed by atoms with Crippen LogP contribution in [0, 0.1) is 5.92 Å². The van der Waals surface area contributed by atoms with Gasteiger partial charge in [0.1, 0.15) is 0 Å². The Morgan fingerprint density at radius 3 is 2.69 bits per heavy atom. The summed E-state index contributed by atoms with van der Waals surface area (Å²) in [5, 5.41) is 3.90. The Balaban J connectivity index is 3.26.